The lowest BCUT2D eigenvalue weighted by Crippen LogP contribution is -2.23. The van der Waals surface area contributed by atoms with Gasteiger partial charge in [-0.3, -0.25) is 0 Å². The van der Waals surface area contributed by atoms with Gasteiger partial charge in [0.05, 0.1) is 5.75 Å². The van der Waals surface area contributed by atoms with Gasteiger partial charge in [0.15, 0.2) is 0 Å². The average molecular weight is 283 g/mol. The first-order valence-electron chi connectivity index (χ1n) is 6.96. The molecule has 0 aliphatic carbocycles. The Balaban J connectivity index is 2.48. The fourth-order valence-electron chi connectivity index (χ4n) is 2.09. The van der Waals surface area contributed by atoms with Gasteiger partial charge in [-0.15, -0.1) is 0 Å². The van der Waals surface area contributed by atoms with Crippen LogP contribution in [0.15, 0.2) is 24.3 Å². The number of aryl methyl sites for hydroxylation is 1. The van der Waals surface area contributed by atoms with Crippen LogP contribution in [0.4, 0.5) is 0 Å². The van der Waals surface area contributed by atoms with Gasteiger partial charge in [0.1, 0.15) is 9.84 Å². The summed E-state index contributed by atoms with van der Waals surface area (Å²) in [5, 5.41) is 3.43. The molecule has 1 unspecified atom stereocenters. The molecule has 0 bridgehead atoms. The zero-order valence-electron chi connectivity index (χ0n) is 12.1. The van der Waals surface area contributed by atoms with Crippen LogP contribution in [-0.4, -0.2) is 27.0 Å². The molecule has 1 aromatic carbocycles. The van der Waals surface area contributed by atoms with Crippen molar-refractivity contribution >= 4 is 9.84 Å². The zero-order chi connectivity index (χ0) is 14.3. The number of hydrogen-bond acceptors (Lipinski definition) is 3. The second-order valence-corrected chi connectivity index (χ2v) is 7.25. The Kier molecular flexibility index (Phi) is 6.52. The predicted molar refractivity (Wildman–Crippen MR) is 81.2 cm³/mol. The molecule has 4 heteroatoms. The van der Waals surface area contributed by atoms with Crippen molar-refractivity contribution in [1.29, 1.82) is 0 Å². The van der Waals surface area contributed by atoms with Crippen LogP contribution in [0.25, 0.3) is 0 Å². The van der Waals surface area contributed by atoms with Crippen molar-refractivity contribution in [2.45, 2.75) is 39.2 Å². The molecule has 0 saturated heterocycles. The van der Waals surface area contributed by atoms with E-state index < -0.39 is 9.84 Å². The lowest BCUT2D eigenvalue weighted by molar-refractivity contribution is 0.516. The Bertz CT molecular complexity index is 465. The third-order valence-corrected chi connectivity index (χ3v) is 4.31. The van der Waals surface area contributed by atoms with Crippen molar-refractivity contribution in [3.8, 4) is 0 Å². The predicted octanol–water partition coefficient (Wildman–Crippen LogP) is 2.72. The maximum Gasteiger partial charge on any atom is 0.147 e. The lowest BCUT2D eigenvalue weighted by Gasteiger charge is -2.17. The zero-order valence-corrected chi connectivity index (χ0v) is 13.0. The van der Waals surface area contributed by atoms with Crippen LogP contribution < -0.4 is 5.32 Å². The highest BCUT2D eigenvalue weighted by molar-refractivity contribution is 7.90. The Hall–Kier alpha value is -0.870. The van der Waals surface area contributed by atoms with E-state index in [2.05, 4.69) is 43.4 Å². The fourth-order valence-corrected chi connectivity index (χ4v) is 2.76. The van der Waals surface area contributed by atoms with Gasteiger partial charge in [-0.25, -0.2) is 8.42 Å². The van der Waals surface area contributed by atoms with Gasteiger partial charge >= 0.3 is 0 Å². The molecule has 0 saturated carbocycles. The number of hydrogen-bond donors (Lipinski definition) is 1. The Labute approximate surface area is 117 Å². The van der Waals surface area contributed by atoms with Crippen LogP contribution in [0.5, 0.6) is 0 Å². The Morgan fingerprint density at radius 3 is 2.26 bits per heavy atom. The summed E-state index contributed by atoms with van der Waals surface area (Å²) in [6.07, 6.45) is 4.01. The van der Waals surface area contributed by atoms with Crippen molar-refractivity contribution in [2.24, 2.45) is 0 Å². The van der Waals surface area contributed by atoms with Crippen molar-refractivity contribution in [1.82, 2.24) is 5.32 Å². The molecule has 0 radical (unpaired) electrons. The third-order valence-electron chi connectivity index (χ3n) is 3.28. The second-order valence-electron chi connectivity index (χ2n) is 4.99. The molecule has 0 aliphatic rings. The maximum absolute atomic E-state index is 11.1. The van der Waals surface area contributed by atoms with Gasteiger partial charge in [-0.2, -0.15) is 0 Å². The van der Waals surface area contributed by atoms with Gasteiger partial charge in [0.2, 0.25) is 0 Å². The first-order chi connectivity index (χ1) is 8.96. The van der Waals surface area contributed by atoms with E-state index >= 15 is 0 Å². The second kappa shape index (κ2) is 7.65. The molecule has 0 amide bonds. The number of sulfone groups is 1. The van der Waals surface area contributed by atoms with Gasteiger partial charge in [0.25, 0.3) is 0 Å². The quantitative estimate of drug-likeness (QED) is 0.746. The van der Waals surface area contributed by atoms with Crippen LogP contribution in [0.2, 0.25) is 0 Å². The number of rotatable bonds is 8. The molecule has 1 rings (SSSR count). The van der Waals surface area contributed by atoms with E-state index in [9.17, 15) is 8.42 Å². The SMILES string of the molecule is CCc1ccc(C(CC)NCCCS(C)(=O)=O)cc1. The summed E-state index contributed by atoms with van der Waals surface area (Å²) >= 11 is 0. The molecule has 1 N–H and O–H groups in total. The van der Waals surface area contributed by atoms with Gasteiger partial charge in [0, 0.05) is 12.3 Å². The molecule has 3 nitrogen and oxygen atoms in total. The molecule has 0 spiro atoms. The minimum atomic E-state index is -2.84. The van der Waals surface area contributed by atoms with Gasteiger partial charge < -0.3 is 5.32 Å². The van der Waals surface area contributed by atoms with Crippen LogP contribution in [-0.2, 0) is 16.3 Å². The van der Waals surface area contributed by atoms with E-state index in [0.29, 0.717) is 12.5 Å². The maximum atomic E-state index is 11.1. The summed E-state index contributed by atoms with van der Waals surface area (Å²) in [5.74, 6) is 0.255. The molecule has 1 atom stereocenters. The molecule has 0 aromatic heterocycles. The minimum Gasteiger partial charge on any atom is -0.310 e. The standard InChI is InChI=1S/C15H25NO2S/c1-4-13-7-9-14(10-8-13)15(5-2)16-11-6-12-19(3,17)18/h7-10,15-16H,4-6,11-12H2,1-3H3. The van der Waals surface area contributed by atoms with Crippen LogP contribution in [0.3, 0.4) is 0 Å². The Morgan fingerprint density at radius 2 is 1.79 bits per heavy atom. The van der Waals surface area contributed by atoms with Gasteiger partial charge in [-0.1, -0.05) is 38.1 Å². The molecular formula is C15H25NO2S. The van der Waals surface area contributed by atoms with Crippen LogP contribution in [0, 0.1) is 0 Å². The van der Waals surface area contributed by atoms with E-state index in [1.165, 1.54) is 17.4 Å². The van der Waals surface area contributed by atoms with Crippen molar-refractivity contribution < 1.29 is 8.42 Å². The van der Waals surface area contributed by atoms with E-state index in [4.69, 9.17) is 0 Å². The van der Waals surface area contributed by atoms with Crippen molar-refractivity contribution in [3.63, 3.8) is 0 Å². The van der Waals surface area contributed by atoms with Gasteiger partial charge in [-0.05, 0) is 36.9 Å². The van der Waals surface area contributed by atoms with Crippen LogP contribution in [0.1, 0.15) is 43.9 Å². The first-order valence-corrected chi connectivity index (χ1v) is 9.02. The fraction of sp³-hybridized carbons (Fsp3) is 0.600. The molecule has 0 fully saturated rings. The van der Waals surface area contributed by atoms with Crippen molar-refractivity contribution in [3.05, 3.63) is 35.4 Å². The number of nitrogens with one attached hydrogen (secondary N) is 1. The summed E-state index contributed by atoms with van der Waals surface area (Å²) in [6.45, 7) is 5.03. The smallest absolute Gasteiger partial charge is 0.147 e. The summed E-state index contributed by atoms with van der Waals surface area (Å²) in [4.78, 5) is 0. The number of benzene rings is 1. The molecule has 108 valence electrons. The van der Waals surface area contributed by atoms with E-state index in [-0.39, 0.29) is 5.75 Å². The topological polar surface area (TPSA) is 46.2 Å². The lowest BCUT2D eigenvalue weighted by atomic mass is 10.0. The van der Waals surface area contributed by atoms with E-state index in [0.717, 1.165) is 19.4 Å². The molecule has 1 aromatic rings. The highest BCUT2D eigenvalue weighted by Crippen LogP contribution is 2.17. The minimum absolute atomic E-state index is 0.255. The highest BCUT2D eigenvalue weighted by Gasteiger charge is 2.09. The summed E-state index contributed by atoms with van der Waals surface area (Å²) in [7, 11) is -2.84. The monoisotopic (exact) mass is 283 g/mol. The Morgan fingerprint density at radius 1 is 1.16 bits per heavy atom. The van der Waals surface area contributed by atoms with E-state index in [1.807, 2.05) is 0 Å². The van der Waals surface area contributed by atoms with Crippen molar-refractivity contribution in [2.75, 3.05) is 18.6 Å². The molecule has 0 aliphatic heterocycles. The molecular weight excluding hydrogens is 258 g/mol. The largest absolute Gasteiger partial charge is 0.310 e. The summed E-state index contributed by atoms with van der Waals surface area (Å²) in [5.41, 5.74) is 2.62. The third kappa shape index (κ3) is 6.21. The highest BCUT2D eigenvalue weighted by atomic mass is 32.2. The average Bonchev–Trinajstić information content (AvgIpc) is 2.38. The molecule has 0 heterocycles. The summed E-state index contributed by atoms with van der Waals surface area (Å²) in [6, 6.07) is 8.96. The van der Waals surface area contributed by atoms with Crippen LogP contribution >= 0.6 is 0 Å². The molecule has 19 heavy (non-hydrogen) atoms. The first kappa shape index (κ1) is 16.2. The normalized spacial score (nSPS) is 13.4. The summed E-state index contributed by atoms with van der Waals surface area (Å²) < 4.78 is 22.1. The van der Waals surface area contributed by atoms with E-state index in [1.54, 1.807) is 0 Å².